The first-order chi connectivity index (χ1) is 25.8. The van der Waals surface area contributed by atoms with Crippen molar-refractivity contribution in [2.24, 2.45) is 0 Å². The van der Waals surface area contributed by atoms with Gasteiger partial charge in [-0.1, -0.05) is 153 Å². The average Bonchev–Trinajstić information content (AvgIpc) is 3.68. The summed E-state index contributed by atoms with van der Waals surface area (Å²) in [6.07, 6.45) is 1.01. The smallest absolute Gasteiger partial charge is 0.0726 e. The van der Waals surface area contributed by atoms with E-state index < -0.39 is 5.41 Å². The molecule has 0 N–H and O–H groups in total. The van der Waals surface area contributed by atoms with Crippen LogP contribution in [0.3, 0.4) is 0 Å². The van der Waals surface area contributed by atoms with Crippen LogP contribution in [0.5, 0.6) is 0 Å². The summed E-state index contributed by atoms with van der Waals surface area (Å²) in [5.41, 5.74) is 15.1. The number of rotatable bonds is 4. The monoisotopic (exact) mass is 661 g/mol. The Bertz CT molecular complexity index is 2800. The maximum atomic E-state index is 2.49. The van der Waals surface area contributed by atoms with Gasteiger partial charge in [0.2, 0.25) is 0 Å². The summed E-state index contributed by atoms with van der Waals surface area (Å²) >= 11 is 0. The summed E-state index contributed by atoms with van der Waals surface area (Å²) in [6.45, 7) is 2.22. The zero-order valence-electron chi connectivity index (χ0n) is 29.0. The highest BCUT2D eigenvalue weighted by Crippen LogP contribution is 2.63. The first kappa shape index (κ1) is 29.3. The molecule has 1 spiro atoms. The van der Waals surface area contributed by atoms with Gasteiger partial charge < -0.3 is 4.90 Å². The lowest BCUT2D eigenvalue weighted by atomic mass is 9.70. The van der Waals surface area contributed by atoms with Crippen LogP contribution in [-0.2, 0) is 11.8 Å². The summed E-state index contributed by atoms with van der Waals surface area (Å²) in [5, 5.41) is 7.70. The molecule has 0 saturated carbocycles. The zero-order valence-corrected chi connectivity index (χ0v) is 29.0. The second-order valence-electron chi connectivity index (χ2n) is 14.3. The largest absolute Gasteiger partial charge is 0.310 e. The van der Waals surface area contributed by atoms with Crippen LogP contribution in [0, 0.1) is 0 Å². The third-order valence-corrected chi connectivity index (χ3v) is 11.8. The van der Waals surface area contributed by atoms with Crippen molar-refractivity contribution in [3.63, 3.8) is 0 Å². The van der Waals surface area contributed by atoms with Crippen molar-refractivity contribution in [1.82, 2.24) is 0 Å². The van der Waals surface area contributed by atoms with E-state index in [1.165, 1.54) is 82.4 Å². The van der Waals surface area contributed by atoms with Crippen molar-refractivity contribution in [1.29, 1.82) is 0 Å². The molecule has 9 aromatic rings. The van der Waals surface area contributed by atoms with E-state index in [9.17, 15) is 0 Å². The van der Waals surface area contributed by atoms with Gasteiger partial charge in [-0.05, 0) is 125 Å². The molecule has 0 heterocycles. The van der Waals surface area contributed by atoms with Gasteiger partial charge in [-0.2, -0.15) is 0 Å². The van der Waals surface area contributed by atoms with Gasteiger partial charge in [-0.3, -0.25) is 0 Å². The second-order valence-corrected chi connectivity index (χ2v) is 14.3. The molecule has 0 bridgehead atoms. The molecular formula is C51H35N. The molecule has 52 heavy (non-hydrogen) atoms. The van der Waals surface area contributed by atoms with E-state index in [1.54, 1.807) is 0 Å². The topological polar surface area (TPSA) is 3.24 Å². The molecule has 0 atom stereocenters. The fourth-order valence-electron chi connectivity index (χ4n) is 9.58. The van der Waals surface area contributed by atoms with E-state index in [2.05, 4.69) is 194 Å². The number of anilines is 3. The Balaban J connectivity index is 1.20. The summed E-state index contributed by atoms with van der Waals surface area (Å²) in [6, 6.07) is 68.2. The van der Waals surface area contributed by atoms with Gasteiger partial charge in [-0.15, -0.1) is 0 Å². The quantitative estimate of drug-likeness (QED) is 0.170. The van der Waals surface area contributed by atoms with Crippen LogP contribution in [0.15, 0.2) is 182 Å². The Morgan fingerprint density at radius 2 is 0.750 bits per heavy atom. The van der Waals surface area contributed by atoms with Gasteiger partial charge in [-0.25, -0.2) is 0 Å². The van der Waals surface area contributed by atoms with E-state index in [0.717, 1.165) is 23.5 Å². The molecule has 2 aliphatic rings. The van der Waals surface area contributed by atoms with Crippen LogP contribution >= 0.6 is 0 Å². The Morgan fingerprint density at radius 1 is 0.346 bits per heavy atom. The molecule has 2 aliphatic carbocycles. The Hall–Kier alpha value is -6.44. The molecule has 0 unspecified atom stereocenters. The van der Waals surface area contributed by atoms with Crippen molar-refractivity contribution >= 4 is 49.4 Å². The van der Waals surface area contributed by atoms with Crippen LogP contribution in [-0.4, -0.2) is 0 Å². The zero-order chi connectivity index (χ0) is 34.4. The fraction of sp³-hybridized carbons (Fsp3) is 0.0588. The highest BCUT2D eigenvalue weighted by atomic mass is 15.1. The first-order valence-electron chi connectivity index (χ1n) is 18.4. The molecule has 9 aromatic carbocycles. The molecule has 244 valence electrons. The lowest BCUT2D eigenvalue weighted by molar-refractivity contribution is 0.793. The van der Waals surface area contributed by atoms with E-state index in [1.807, 2.05) is 0 Å². The molecule has 0 fully saturated rings. The van der Waals surface area contributed by atoms with E-state index in [0.29, 0.717) is 0 Å². The lowest BCUT2D eigenvalue weighted by Crippen LogP contribution is -2.26. The maximum Gasteiger partial charge on any atom is 0.0726 e. The lowest BCUT2D eigenvalue weighted by Gasteiger charge is -2.32. The highest BCUT2D eigenvalue weighted by Gasteiger charge is 2.51. The van der Waals surface area contributed by atoms with Crippen molar-refractivity contribution in [2.45, 2.75) is 18.8 Å². The van der Waals surface area contributed by atoms with Crippen LogP contribution in [0.1, 0.15) is 34.7 Å². The van der Waals surface area contributed by atoms with Crippen molar-refractivity contribution in [2.75, 3.05) is 4.90 Å². The number of aryl methyl sites for hydroxylation is 1. The van der Waals surface area contributed by atoms with Crippen molar-refractivity contribution < 1.29 is 0 Å². The summed E-state index contributed by atoms with van der Waals surface area (Å²) in [4.78, 5) is 2.46. The molecule has 1 nitrogen and oxygen atoms in total. The van der Waals surface area contributed by atoms with Gasteiger partial charge >= 0.3 is 0 Å². The van der Waals surface area contributed by atoms with Gasteiger partial charge in [0.25, 0.3) is 0 Å². The summed E-state index contributed by atoms with van der Waals surface area (Å²) in [5.74, 6) is 0. The third kappa shape index (κ3) is 3.88. The summed E-state index contributed by atoms with van der Waals surface area (Å²) < 4.78 is 0. The van der Waals surface area contributed by atoms with Crippen LogP contribution < -0.4 is 4.90 Å². The predicted molar refractivity (Wildman–Crippen MR) is 219 cm³/mol. The molecule has 0 aromatic heterocycles. The minimum Gasteiger partial charge on any atom is -0.310 e. The van der Waals surface area contributed by atoms with Crippen LogP contribution in [0.2, 0.25) is 0 Å². The second kappa shape index (κ2) is 11.0. The Morgan fingerprint density at radius 3 is 1.29 bits per heavy atom. The maximum absolute atomic E-state index is 2.49. The van der Waals surface area contributed by atoms with E-state index in [4.69, 9.17) is 0 Å². The number of fused-ring (bicyclic) bond motifs is 16. The van der Waals surface area contributed by atoms with Gasteiger partial charge in [0.1, 0.15) is 0 Å². The number of hydrogen-bond donors (Lipinski definition) is 0. The first-order valence-corrected chi connectivity index (χ1v) is 18.4. The van der Waals surface area contributed by atoms with Crippen molar-refractivity contribution in [3.8, 4) is 22.3 Å². The van der Waals surface area contributed by atoms with Crippen LogP contribution in [0.4, 0.5) is 17.1 Å². The average molecular weight is 662 g/mol. The molecule has 0 saturated heterocycles. The minimum absolute atomic E-state index is 0.397. The van der Waals surface area contributed by atoms with Crippen LogP contribution in [0.25, 0.3) is 54.6 Å². The molecule has 1 heteroatoms. The third-order valence-electron chi connectivity index (χ3n) is 11.8. The fourth-order valence-corrected chi connectivity index (χ4v) is 9.58. The molecule has 11 rings (SSSR count). The molecule has 0 radical (unpaired) electrons. The van der Waals surface area contributed by atoms with Gasteiger partial charge in [0.15, 0.2) is 0 Å². The normalized spacial score (nSPS) is 13.3. The van der Waals surface area contributed by atoms with Gasteiger partial charge in [0, 0.05) is 17.1 Å². The molecular weight excluding hydrogens is 627 g/mol. The summed E-state index contributed by atoms with van der Waals surface area (Å²) in [7, 11) is 0. The van der Waals surface area contributed by atoms with E-state index in [-0.39, 0.29) is 0 Å². The standard InChI is InChI=1S/C51H35N/c1-2-33-23-25-34(26-24-33)52(35-27-29-41-39-15-4-3-13-37(39)38-14-5-6-16-40(38)46(41)31-35)36-28-30-45-44-19-9-12-22-49(44)51(50(45)32-36)47-20-10-7-17-42(47)43-18-8-11-21-48(43)51/h3-32H,2H2,1H3. The predicted octanol–water partition coefficient (Wildman–Crippen LogP) is 13.5. The number of hydrogen-bond acceptors (Lipinski definition) is 1. The minimum atomic E-state index is -0.397. The Kier molecular flexibility index (Phi) is 6.22. The molecule has 0 amide bonds. The SMILES string of the molecule is CCc1ccc(N(c2ccc3c(c2)C2(c4ccccc4-c4ccccc42)c2ccccc2-3)c2ccc3c4ccccc4c4ccccc4c3c2)cc1. The van der Waals surface area contributed by atoms with Gasteiger partial charge in [0.05, 0.1) is 5.41 Å². The molecule has 0 aliphatic heterocycles. The highest BCUT2D eigenvalue weighted by molar-refractivity contribution is 6.25. The van der Waals surface area contributed by atoms with E-state index >= 15 is 0 Å². The number of benzene rings is 9. The van der Waals surface area contributed by atoms with Crippen molar-refractivity contribution in [3.05, 3.63) is 210 Å². The Labute approximate surface area is 304 Å². The number of nitrogens with zero attached hydrogens (tertiary/aromatic N) is 1.